The normalized spacial score (nSPS) is 16.9. The number of benzene rings is 1. The zero-order valence-corrected chi connectivity index (χ0v) is 11.0. The number of nitrogens with two attached hydrogens (primary N) is 1. The number of piperidine rings is 1. The monoisotopic (exact) mass is 248 g/mol. The predicted octanol–water partition coefficient (Wildman–Crippen LogP) is 2.50. The first-order valence-electron chi connectivity index (χ1n) is 6.32. The molecule has 2 rings (SSSR count). The van der Waals surface area contributed by atoms with Crippen LogP contribution in [0.3, 0.4) is 0 Å². The van der Waals surface area contributed by atoms with E-state index in [1.807, 2.05) is 0 Å². The maximum absolute atomic E-state index is 5.54. The molecule has 1 aliphatic heterocycles. The third kappa shape index (κ3) is 4.10. The van der Waals surface area contributed by atoms with E-state index in [0.717, 1.165) is 6.54 Å². The Morgan fingerprint density at radius 1 is 1.06 bits per heavy atom. The van der Waals surface area contributed by atoms with Crippen molar-refractivity contribution >= 4 is 17.2 Å². The van der Waals surface area contributed by atoms with Crippen molar-refractivity contribution in [2.75, 3.05) is 13.1 Å². The lowest BCUT2D eigenvalue weighted by Crippen LogP contribution is -2.29. The van der Waals surface area contributed by atoms with Crippen LogP contribution in [0.25, 0.3) is 0 Å². The summed E-state index contributed by atoms with van der Waals surface area (Å²) in [5.41, 5.74) is 8.13. The molecule has 1 fully saturated rings. The summed E-state index contributed by atoms with van der Waals surface area (Å²) in [5, 5.41) is 0. The summed E-state index contributed by atoms with van der Waals surface area (Å²) in [4.78, 5) is 3.10. The third-order valence-corrected chi connectivity index (χ3v) is 3.40. The van der Waals surface area contributed by atoms with Crippen molar-refractivity contribution in [1.82, 2.24) is 4.90 Å². The molecule has 0 spiro atoms. The molecule has 0 saturated carbocycles. The first-order chi connectivity index (χ1) is 8.24. The van der Waals surface area contributed by atoms with Crippen molar-refractivity contribution in [2.45, 2.75) is 32.2 Å². The highest BCUT2D eigenvalue weighted by molar-refractivity contribution is 7.80. The van der Waals surface area contributed by atoms with Gasteiger partial charge >= 0.3 is 0 Å². The molecular formula is C14H20N2S. The molecule has 1 aromatic carbocycles. The number of likely N-dealkylation sites (tertiary alicyclic amines) is 1. The fraction of sp³-hybridized carbons (Fsp3) is 0.500. The second kappa shape index (κ2) is 6.12. The lowest BCUT2D eigenvalue weighted by atomic mass is 10.1. The predicted molar refractivity (Wildman–Crippen MR) is 76.1 cm³/mol. The van der Waals surface area contributed by atoms with Gasteiger partial charge in [-0.15, -0.1) is 0 Å². The van der Waals surface area contributed by atoms with Gasteiger partial charge in [0.2, 0.25) is 0 Å². The van der Waals surface area contributed by atoms with Gasteiger partial charge in [-0.2, -0.15) is 0 Å². The first kappa shape index (κ1) is 12.5. The van der Waals surface area contributed by atoms with Crippen LogP contribution in [-0.4, -0.2) is 23.0 Å². The number of hydrogen-bond donors (Lipinski definition) is 1. The lowest BCUT2D eigenvalue weighted by Gasteiger charge is -2.26. The van der Waals surface area contributed by atoms with Gasteiger partial charge in [0.15, 0.2) is 0 Å². The van der Waals surface area contributed by atoms with E-state index < -0.39 is 0 Å². The molecule has 1 heterocycles. The summed E-state index contributed by atoms with van der Waals surface area (Å²) in [6.45, 7) is 3.57. The van der Waals surface area contributed by atoms with Gasteiger partial charge in [-0.1, -0.05) is 42.9 Å². The quantitative estimate of drug-likeness (QED) is 0.830. The summed E-state index contributed by atoms with van der Waals surface area (Å²) in [6, 6.07) is 8.67. The highest BCUT2D eigenvalue weighted by atomic mass is 32.1. The van der Waals surface area contributed by atoms with Gasteiger partial charge in [0.25, 0.3) is 0 Å². The van der Waals surface area contributed by atoms with E-state index in [0.29, 0.717) is 11.4 Å². The molecule has 3 heteroatoms. The maximum Gasteiger partial charge on any atom is 0.0771 e. The molecule has 17 heavy (non-hydrogen) atoms. The van der Waals surface area contributed by atoms with E-state index in [-0.39, 0.29) is 0 Å². The van der Waals surface area contributed by atoms with E-state index in [1.165, 1.54) is 43.5 Å². The Labute approximate surface area is 109 Å². The van der Waals surface area contributed by atoms with Crippen molar-refractivity contribution in [1.29, 1.82) is 0 Å². The average molecular weight is 248 g/mol. The van der Waals surface area contributed by atoms with E-state index in [2.05, 4.69) is 29.2 Å². The summed E-state index contributed by atoms with van der Waals surface area (Å²) >= 11 is 4.91. The van der Waals surface area contributed by atoms with Crippen molar-refractivity contribution in [3.63, 3.8) is 0 Å². The largest absolute Gasteiger partial charge is 0.393 e. The Hall–Kier alpha value is -0.930. The molecule has 0 bridgehead atoms. The third-order valence-electron chi connectivity index (χ3n) is 3.26. The average Bonchev–Trinajstić information content (AvgIpc) is 2.32. The lowest BCUT2D eigenvalue weighted by molar-refractivity contribution is 0.221. The van der Waals surface area contributed by atoms with Crippen LogP contribution in [0.1, 0.15) is 30.4 Å². The minimum atomic E-state index is 0.564. The molecule has 2 N–H and O–H groups in total. The van der Waals surface area contributed by atoms with Crippen molar-refractivity contribution in [2.24, 2.45) is 5.73 Å². The molecule has 0 radical (unpaired) electrons. The number of hydrogen-bond acceptors (Lipinski definition) is 2. The summed E-state index contributed by atoms with van der Waals surface area (Å²) in [5.74, 6) is 0. The van der Waals surface area contributed by atoms with Crippen LogP contribution in [0.2, 0.25) is 0 Å². The van der Waals surface area contributed by atoms with E-state index in [1.54, 1.807) is 0 Å². The summed E-state index contributed by atoms with van der Waals surface area (Å²) in [6.07, 6.45) is 4.79. The van der Waals surface area contributed by atoms with Gasteiger partial charge in [0.1, 0.15) is 0 Å². The van der Waals surface area contributed by atoms with Crippen LogP contribution in [0.5, 0.6) is 0 Å². The second-order valence-corrected chi connectivity index (χ2v) is 5.32. The van der Waals surface area contributed by atoms with Gasteiger partial charge in [0, 0.05) is 13.0 Å². The fourth-order valence-corrected chi connectivity index (χ4v) is 2.51. The van der Waals surface area contributed by atoms with Crippen LogP contribution in [0.4, 0.5) is 0 Å². The SMILES string of the molecule is NC(=S)Cc1ccc(CN2CCCCC2)cc1. The van der Waals surface area contributed by atoms with Crippen LogP contribution in [0.15, 0.2) is 24.3 Å². The smallest absolute Gasteiger partial charge is 0.0771 e. The van der Waals surface area contributed by atoms with Gasteiger partial charge in [-0.05, 0) is 37.1 Å². The van der Waals surface area contributed by atoms with E-state index >= 15 is 0 Å². The molecule has 0 amide bonds. The van der Waals surface area contributed by atoms with Crippen molar-refractivity contribution in [3.8, 4) is 0 Å². The molecule has 0 unspecified atom stereocenters. The number of nitrogens with zero attached hydrogens (tertiary/aromatic N) is 1. The van der Waals surface area contributed by atoms with Crippen LogP contribution in [0, 0.1) is 0 Å². The summed E-state index contributed by atoms with van der Waals surface area (Å²) in [7, 11) is 0. The standard InChI is InChI=1S/C14H20N2S/c15-14(17)10-12-4-6-13(7-5-12)11-16-8-2-1-3-9-16/h4-7H,1-3,8-11H2,(H2,15,17). The Kier molecular flexibility index (Phi) is 4.51. The molecule has 0 aromatic heterocycles. The van der Waals surface area contributed by atoms with Crippen molar-refractivity contribution in [3.05, 3.63) is 35.4 Å². The highest BCUT2D eigenvalue weighted by Crippen LogP contribution is 2.13. The Balaban J connectivity index is 1.90. The van der Waals surface area contributed by atoms with Crippen LogP contribution in [-0.2, 0) is 13.0 Å². The zero-order chi connectivity index (χ0) is 12.1. The molecule has 2 nitrogen and oxygen atoms in total. The van der Waals surface area contributed by atoms with Gasteiger partial charge in [0.05, 0.1) is 4.99 Å². The number of rotatable bonds is 4. The molecule has 0 atom stereocenters. The second-order valence-electron chi connectivity index (χ2n) is 4.80. The molecule has 1 aliphatic rings. The van der Waals surface area contributed by atoms with E-state index in [4.69, 9.17) is 18.0 Å². The van der Waals surface area contributed by atoms with Crippen LogP contribution >= 0.6 is 12.2 Å². The molecular weight excluding hydrogens is 228 g/mol. The Morgan fingerprint density at radius 2 is 1.65 bits per heavy atom. The highest BCUT2D eigenvalue weighted by Gasteiger charge is 2.10. The molecule has 1 aromatic rings. The minimum absolute atomic E-state index is 0.564. The van der Waals surface area contributed by atoms with Crippen molar-refractivity contribution < 1.29 is 0 Å². The van der Waals surface area contributed by atoms with Crippen LogP contribution < -0.4 is 5.73 Å². The zero-order valence-electron chi connectivity index (χ0n) is 10.2. The fourth-order valence-electron chi connectivity index (χ4n) is 2.34. The minimum Gasteiger partial charge on any atom is -0.393 e. The molecule has 1 saturated heterocycles. The Bertz CT molecular complexity index is 366. The van der Waals surface area contributed by atoms with Gasteiger partial charge in [-0.25, -0.2) is 0 Å². The Morgan fingerprint density at radius 3 is 2.24 bits per heavy atom. The maximum atomic E-state index is 5.54. The number of thiocarbonyl (C=S) groups is 1. The van der Waals surface area contributed by atoms with E-state index in [9.17, 15) is 0 Å². The first-order valence-corrected chi connectivity index (χ1v) is 6.73. The van der Waals surface area contributed by atoms with Gasteiger partial charge in [-0.3, -0.25) is 4.90 Å². The molecule has 92 valence electrons. The topological polar surface area (TPSA) is 29.3 Å². The van der Waals surface area contributed by atoms with Gasteiger partial charge < -0.3 is 5.73 Å². The summed E-state index contributed by atoms with van der Waals surface area (Å²) < 4.78 is 0. The molecule has 0 aliphatic carbocycles.